The number of aliphatic hydroxyl groups is 2. The highest BCUT2D eigenvalue weighted by Gasteiger charge is 2.32. The summed E-state index contributed by atoms with van der Waals surface area (Å²) in [5.74, 6) is -3.97. The highest BCUT2D eigenvalue weighted by Crippen LogP contribution is 2.31. The van der Waals surface area contributed by atoms with Crippen LogP contribution < -0.4 is 16.0 Å². The summed E-state index contributed by atoms with van der Waals surface area (Å²) in [6.07, 6.45) is 2.35. The molecular formula is C25H26F3N5O3. The van der Waals surface area contributed by atoms with Crippen molar-refractivity contribution in [2.75, 3.05) is 29.9 Å². The number of aliphatic hydroxyl groups excluding tert-OH is 2. The van der Waals surface area contributed by atoms with Crippen LogP contribution in [0.2, 0.25) is 0 Å². The fraction of sp³-hybridized carbons (Fsp3) is 0.320. The summed E-state index contributed by atoms with van der Waals surface area (Å²) >= 11 is 0. The predicted molar refractivity (Wildman–Crippen MR) is 128 cm³/mol. The molecule has 1 aliphatic heterocycles. The molecule has 3 atom stereocenters. The Bertz CT molecular complexity index is 1240. The van der Waals surface area contributed by atoms with Gasteiger partial charge in [-0.2, -0.15) is 0 Å². The highest BCUT2D eigenvalue weighted by atomic mass is 19.1. The Kier molecular flexibility index (Phi) is 7.53. The number of halogens is 3. The van der Waals surface area contributed by atoms with Gasteiger partial charge in [0.2, 0.25) is 0 Å². The minimum atomic E-state index is -1.06. The molecule has 2 aromatic heterocycles. The molecule has 190 valence electrons. The van der Waals surface area contributed by atoms with Gasteiger partial charge in [-0.3, -0.25) is 9.78 Å². The van der Waals surface area contributed by atoms with E-state index in [9.17, 15) is 23.1 Å². The van der Waals surface area contributed by atoms with Gasteiger partial charge >= 0.3 is 0 Å². The molecule has 1 aliphatic rings. The molecular weight excluding hydrogens is 475 g/mol. The number of carbonyl (C=O) groups excluding carboxylic acids is 1. The van der Waals surface area contributed by atoms with Crippen molar-refractivity contribution in [3.05, 3.63) is 71.4 Å². The number of nitrogens with one attached hydrogen (secondary N) is 1. The molecule has 3 heterocycles. The number of pyridine rings is 2. The SMILES string of the molecule is CC1CN(c2ccncc2NC(=O)c2ccc(F)c(-c3c(F)cc(CCO)cc3F)n2)CC(N)C1O. The van der Waals surface area contributed by atoms with E-state index >= 15 is 0 Å². The van der Waals surface area contributed by atoms with E-state index in [0.29, 0.717) is 24.5 Å². The number of nitrogens with zero attached hydrogens (tertiary/aromatic N) is 3. The van der Waals surface area contributed by atoms with Crippen molar-refractivity contribution in [1.82, 2.24) is 9.97 Å². The van der Waals surface area contributed by atoms with Gasteiger partial charge in [0.1, 0.15) is 28.8 Å². The van der Waals surface area contributed by atoms with Crippen LogP contribution >= 0.6 is 0 Å². The van der Waals surface area contributed by atoms with Crippen LogP contribution in [-0.4, -0.2) is 57.9 Å². The van der Waals surface area contributed by atoms with Gasteiger partial charge in [-0.05, 0) is 42.3 Å². The lowest BCUT2D eigenvalue weighted by molar-refractivity contribution is 0.0785. The van der Waals surface area contributed by atoms with Crippen LogP contribution in [0.4, 0.5) is 24.5 Å². The van der Waals surface area contributed by atoms with E-state index in [4.69, 9.17) is 10.8 Å². The molecule has 4 rings (SSSR count). The van der Waals surface area contributed by atoms with E-state index in [-0.39, 0.29) is 30.2 Å². The number of piperidine rings is 1. The quantitative estimate of drug-likeness (QED) is 0.409. The van der Waals surface area contributed by atoms with E-state index in [1.807, 2.05) is 11.8 Å². The second-order valence-electron chi connectivity index (χ2n) is 8.82. The van der Waals surface area contributed by atoms with Crippen molar-refractivity contribution in [2.24, 2.45) is 11.7 Å². The molecule has 1 fully saturated rings. The lowest BCUT2D eigenvalue weighted by Gasteiger charge is -2.40. The summed E-state index contributed by atoms with van der Waals surface area (Å²) in [6.45, 7) is 2.40. The molecule has 0 spiro atoms. The molecule has 36 heavy (non-hydrogen) atoms. The summed E-state index contributed by atoms with van der Waals surface area (Å²) in [7, 11) is 0. The molecule has 8 nitrogen and oxygen atoms in total. The standard InChI is InChI=1S/C25H26F3N5O3/c1-13-11-33(12-18(29)24(13)35)21-4-6-30-10-20(21)32-25(36)19-3-2-15(26)23(31-19)22-16(27)8-14(5-7-34)9-17(22)28/h2-4,6,8-10,13,18,24,34-35H,5,7,11-12,29H2,1H3,(H,32,36). The van der Waals surface area contributed by atoms with Gasteiger partial charge in [0.05, 0.1) is 29.2 Å². The molecule has 0 aliphatic carbocycles. The van der Waals surface area contributed by atoms with Crippen molar-refractivity contribution in [1.29, 1.82) is 0 Å². The van der Waals surface area contributed by atoms with Crippen molar-refractivity contribution in [2.45, 2.75) is 25.5 Å². The molecule has 1 saturated heterocycles. The topological polar surface area (TPSA) is 125 Å². The van der Waals surface area contributed by atoms with Crippen LogP contribution in [0.25, 0.3) is 11.3 Å². The first kappa shape index (κ1) is 25.5. The molecule has 1 amide bonds. The summed E-state index contributed by atoms with van der Waals surface area (Å²) < 4.78 is 43.9. The molecule has 0 radical (unpaired) electrons. The van der Waals surface area contributed by atoms with Crippen LogP contribution in [-0.2, 0) is 6.42 Å². The Morgan fingerprint density at radius 2 is 1.89 bits per heavy atom. The van der Waals surface area contributed by atoms with Crippen LogP contribution in [0.15, 0.2) is 42.7 Å². The molecule has 0 bridgehead atoms. The zero-order valence-corrected chi connectivity index (χ0v) is 19.5. The second kappa shape index (κ2) is 10.6. The number of aromatic nitrogens is 2. The number of nitrogens with two attached hydrogens (primary N) is 1. The zero-order valence-electron chi connectivity index (χ0n) is 19.5. The summed E-state index contributed by atoms with van der Waals surface area (Å²) in [6, 6.07) is 5.21. The van der Waals surface area contributed by atoms with Crippen LogP contribution in [0.1, 0.15) is 23.0 Å². The minimum absolute atomic E-state index is 0.0274. The molecule has 11 heteroatoms. The summed E-state index contributed by atoms with van der Waals surface area (Å²) in [4.78, 5) is 22.9. The van der Waals surface area contributed by atoms with Gasteiger partial charge in [-0.1, -0.05) is 6.92 Å². The Morgan fingerprint density at radius 3 is 2.56 bits per heavy atom. The fourth-order valence-corrected chi connectivity index (χ4v) is 4.33. The van der Waals surface area contributed by atoms with Gasteiger partial charge in [-0.15, -0.1) is 0 Å². The Morgan fingerprint density at radius 1 is 1.17 bits per heavy atom. The third-order valence-corrected chi connectivity index (χ3v) is 6.17. The van der Waals surface area contributed by atoms with Gasteiger partial charge in [-0.25, -0.2) is 18.2 Å². The Hall–Kier alpha value is -3.54. The van der Waals surface area contributed by atoms with Gasteiger partial charge in [0.15, 0.2) is 0 Å². The van der Waals surface area contributed by atoms with E-state index in [2.05, 4.69) is 15.3 Å². The summed E-state index contributed by atoms with van der Waals surface area (Å²) in [5.41, 5.74) is 5.59. The Balaban J connectivity index is 1.63. The number of rotatable bonds is 6. The molecule has 5 N–H and O–H groups in total. The van der Waals surface area contributed by atoms with Crippen LogP contribution in [0, 0.1) is 23.4 Å². The molecule has 3 unspecified atom stereocenters. The van der Waals surface area contributed by atoms with Crippen LogP contribution in [0.3, 0.4) is 0 Å². The predicted octanol–water partition coefficient (Wildman–Crippen LogP) is 2.49. The molecule has 3 aromatic rings. The van der Waals surface area contributed by atoms with Gasteiger partial charge < -0.3 is 26.2 Å². The number of hydrogen-bond acceptors (Lipinski definition) is 7. The van der Waals surface area contributed by atoms with Gasteiger partial charge in [0, 0.05) is 37.9 Å². The van der Waals surface area contributed by atoms with Crippen molar-refractivity contribution in [3.63, 3.8) is 0 Å². The van der Waals surface area contributed by atoms with E-state index in [0.717, 1.165) is 24.3 Å². The third kappa shape index (κ3) is 5.18. The maximum atomic E-state index is 14.7. The zero-order chi connectivity index (χ0) is 26.0. The number of amides is 1. The minimum Gasteiger partial charge on any atom is -0.396 e. The maximum absolute atomic E-state index is 14.7. The van der Waals surface area contributed by atoms with Gasteiger partial charge in [0.25, 0.3) is 5.91 Å². The fourth-order valence-electron chi connectivity index (χ4n) is 4.33. The normalized spacial score (nSPS) is 19.9. The largest absolute Gasteiger partial charge is 0.396 e. The van der Waals surface area contributed by atoms with E-state index in [1.165, 1.54) is 6.20 Å². The van der Waals surface area contributed by atoms with E-state index in [1.54, 1.807) is 12.3 Å². The lowest BCUT2D eigenvalue weighted by atomic mass is 9.92. The van der Waals surface area contributed by atoms with Crippen molar-refractivity contribution < 1.29 is 28.2 Å². The molecule has 0 saturated carbocycles. The average molecular weight is 502 g/mol. The number of benzene rings is 1. The van der Waals surface area contributed by atoms with E-state index < -0.39 is 46.8 Å². The number of anilines is 2. The average Bonchev–Trinajstić information content (AvgIpc) is 2.83. The summed E-state index contributed by atoms with van der Waals surface area (Å²) in [5, 5.41) is 21.8. The molecule has 1 aromatic carbocycles. The van der Waals surface area contributed by atoms with Crippen molar-refractivity contribution in [3.8, 4) is 11.3 Å². The highest BCUT2D eigenvalue weighted by molar-refractivity contribution is 6.04. The maximum Gasteiger partial charge on any atom is 0.274 e. The third-order valence-electron chi connectivity index (χ3n) is 6.17. The second-order valence-corrected chi connectivity index (χ2v) is 8.82. The van der Waals surface area contributed by atoms with Crippen molar-refractivity contribution >= 4 is 17.3 Å². The number of hydrogen-bond donors (Lipinski definition) is 4. The first-order chi connectivity index (χ1) is 17.2. The first-order valence-electron chi connectivity index (χ1n) is 11.4. The Labute approximate surface area is 205 Å². The lowest BCUT2D eigenvalue weighted by Crippen LogP contribution is -2.55. The number of carbonyl (C=O) groups is 1. The monoisotopic (exact) mass is 501 g/mol. The van der Waals surface area contributed by atoms with Crippen LogP contribution in [0.5, 0.6) is 0 Å². The smallest absolute Gasteiger partial charge is 0.274 e. The first-order valence-corrected chi connectivity index (χ1v) is 11.4.